The van der Waals surface area contributed by atoms with Gasteiger partial charge in [-0.2, -0.15) is 0 Å². The third-order valence-electron chi connectivity index (χ3n) is 4.46. The third-order valence-corrected chi connectivity index (χ3v) is 6.23. The van der Waals surface area contributed by atoms with Crippen molar-refractivity contribution in [2.24, 2.45) is 0 Å². The molecular weight excluding hydrogens is 465 g/mol. The monoisotopic (exact) mass is 480 g/mol. The van der Waals surface area contributed by atoms with E-state index in [0.717, 1.165) is 24.7 Å². The van der Waals surface area contributed by atoms with Crippen LogP contribution in [-0.4, -0.2) is 48.5 Å². The third kappa shape index (κ3) is 5.38. The minimum Gasteiger partial charge on any atom is -0.481 e. The maximum absolute atomic E-state index is 12.5. The fourth-order valence-electron chi connectivity index (χ4n) is 2.91. The molecule has 0 atom stereocenters. The standard InChI is InChI=1S/C19H17Cl5N2O2/c20-13-3-1-12(2-4-13)10-25-5-7-26(8-6-25)16(27)11-28-19-15(22)9-14(21)17(23)18(19)24/h1-4,9H,5-8,10-11H2. The highest BCUT2D eigenvalue weighted by Crippen LogP contribution is 2.42. The molecule has 0 saturated carbocycles. The predicted molar refractivity (Wildman–Crippen MR) is 115 cm³/mol. The van der Waals surface area contributed by atoms with Gasteiger partial charge in [0.15, 0.2) is 12.4 Å². The molecule has 0 radical (unpaired) electrons. The van der Waals surface area contributed by atoms with E-state index in [2.05, 4.69) is 4.90 Å². The second kappa shape index (κ2) is 9.75. The van der Waals surface area contributed by atoms with Crippen LogP contribution in [0.15, 0.2) is 30.3 Å². The summed E-state index contributed by atoms with van der Waals surface area (Å²) in [4.78, 5) is 16.5. The fourth-order valence-corrected chi connectivity index (χ4v) is 4.05. The van der Waals surface area contributed by atoms with Crippen LogP contribution >= 0.6 is 58.0 Å². The zero-order valence-electron chi connectivity index (χ0n) is 14.7. The molecule has 28 heavy (non-hydrogen) atoms. The smallest absolute Gasteiger partial charge is 0.260 e. The number of nitrogens with zero attached hydrogens (tertiary/aromatic N) is 2. The number of benzene rings is 2. The summed E-state index contributed by atoms with van der Waals surface area (Å²) in [6.07, 6.45) is 0. The molecule has 0 bridgehead atoms. The van der Waals surface area contributed by atoms with Crippen LogP contribution in [-0.2, 0) is 11.3 Å². The van der Waals surface area contributed by atoms with Crippen molar-refractivity contribution in [3.05, 3.63) is 61.0 Å². The van der Waals surface area contributed by atoms with Gasteiger partial charge in [-0.25, -0.2) is 0 Å². The second-order valence-electron chi connectivity index (χ2n) is 6.37. The van der Waals surface area contributed by atoms with E-state index in [9.17, 15) is 4.79 Å². The summed E-state index contributed by atoms with van der Waals surface area (Å²) in [5.74, 6) is 0.0248. The first-order valence-electron chi connectivity index (χ1n) is 8.55. The van der Waals surface area contributed by atoms with Crippen LogP contribution in [0.2, 0.25) is 25.1 Å². The van der Waals surface area contributed by atoms with Gasteiger partial charge >= 0.3 is 0 Å². The molecule has 2 aromatic rings. The summed E-state index contributed by atoms with van der Waals surface area (Å²) in [6.45, 7) is 3.46. The van der Waals surface area contributed by atoms with Crippen molar-refractivity contribution in [2.75, 3.05) is 32.8 Å². The van der Waals surface area contributed by atoms with Gasteiger partial charge in [0.2, 0.25) is 0 Å². The molecule has 0 aliphatic carbocycles. The number of rotatable bonds is 5. The van der Waals surface area contributed by atoms with Crippen molar-refractivity contribution < 1.29 is 9.53 Å². The number of carbonyl (C=O) groups is 1. The van der Waals surface area contributed by atoms with Crippen LogP contribution in [0, 0.1) is 0 Å². The highest BCUT2D eigenvalue weighted by atomic mass is 35.5. The van der Waals surface area contributed by atoms with Gasteiger partial charge < -0.3 is 9.64 Å². The average Bonchev–Trinajstić information content (AvgIpc) is 2.68. The molecule has 0 aromatic heterocycles. The number of piperazine rings is 1. The lowest BCUT2D eigenvalue weighted by molar-refractivity contribution is -0.135. The Morgan fingerprint density at radius 1 is 0.893 bits per heavy atom. The highest BCUT2D eigenvalue weighted by molar-refractivity contribution is 6.50. The van der Waals surface area contributed by atoms with Crippen LogP contribution < -0.4 is 4.74 Å². The van der Waals surface area contributed by atoms with Crippen molar-refractivity contribution in [1.82, 2.24) is 9.80 Å². The van der Waals surface area contributed by atoms with Gasteiger partial charge in [-0.3, -0.25) is 9.69 Å². The Morgan fingerprint density at radius 3 is 2.18 bits per heavy atom. The summed E-state index contributed by atoms with van der Waals surface area (Å²) in [5, 5.41) is 1.40. The van der Waals surface area contributed by atoms with E-state index in [1.807, 2.05) is 24.3 Å². The highest BCUT2D eigenvalue weighted by Gasteiger charge is 2.23. The molecule has 1 heterocycles. The Bertz CT molecular complexity index is 852. The molecule has 0 N–H and O–H groups in total. The number of hydrogen-bond acceptors (Lipinski definition) is 3. The van der Waals surface area contributed by atoms with E-state index in [-0.39, 0.29) is 38.4 Å². The van der Waals surface area contributed by atoms with E-state index in [1.54, 1.807) is 4.90 Å². The van der Waals surface area contributed by atoms with Gasteiger partial charge in [-0.05, 0) is 23.8 Å². The summed E-state index contributed by atoms with van der Waals surface area (Å²) < 4.78 is 5.53. The van der Waals surface area contributed by atoms with Crippen molar-refractivity contribution in [2.45, 2.75) is 6.54 Å². The maximum Gasteiger partial charge on any atom is 0.260 e. The Kier molecular flexibility index (Phi) is 7.60. The molecular formula is C19H17Cl5N2O2. The van der Waals surface area contributed by atoms with Gasteiger partial charge in [0.05, 0.1) is 15.1 Å². The zero-order chi connectivity index (χ0) is 20.3. The Hall–Kier alpha value is -0.880. The quantitative estimate of drug-likeness (QED) is 0.406. The maximum atomic E-state index is 12.5. The van der Waals surface area contributed by atoms with Crippen molar-refractivity contribution in [3.63, 3.8) is 0 Å². The first kappa shape index (κ1) is 21.8. The number of ether oxygens (including phenoxy) is 1. The minimum atomic E-state index is -0.172. The van der Waals surface area contributed by atoms with Crippen molar-refractivity contribution >= 4 is 63.9 Å². The van der Waals surface area contributed by atoms with E-state index in [1.165, 1.54) is 11.6 Å². The number of hydrogen-bond donors (Lipinski definition) is 0. The molecule has 9 heteroatoms. The molecule has 2 aromatic carbocycles. The number of amides is 1. The van der Waals surface area contributed by atoms with Gasteiger partial charge in [-0.1, -0.05) is 70.1 Å². The van der Waals surface area contributed by atoms with Crippen molar-refractivity contribution in [3.8, 4) is 5.75 Å². The normalized spacial score (nSPS) is 15.0. The van der Waals surface area contributed by atoms with Crippen LogP contribution in [0.5, 0.6) is 5.75 Å². The lowest BCUT2D eigenvalue weighted by Crippen LogP contribution is -2.49. The number of carbonyl (C=O) groups excluding carboxylic acids is 1. The Morgan fingerprint density at radius 2 is 1.54 bits per heavy atom. The van der Waals surface area contributed by atoms with Crippen LogP contribution in [0.1, 0.15) is 5.56 Å². The van der Waals surface area contributed by atoms with Gasteiger partial charge in [0, 0.05) is 37.7 Å². The average molecular weight is 483 g/mol. The molecule has 1 aliphatic heterocycles. The fraction of sp³-hybridized carbons (Fsp3) is 0.316. The molecule has 1 aliphatic rings. The Balaban J connectivity index is 1.50. The zero-order valence-corrected chi connectivity index (χ0v) is 18.5. The van der Waals surface area contributed by atoms with Gasteiger partial charge in [0.1, 0.15) is 5.02 Å². The predicted octanol–water partition coefficient (Wildman–Crippen LogP) is 5.68. The van der Waals surface area contributed by atoms with Crippen LogP contribution in [0.4, 0.5) is 0 Å². The van der Waals surface area contributed by atoms with E-state index in [4.69, 9.17) is 62.7 Å². The number of halogens is 5. The molecule has 1 fully saturated rings. The van der Waals surface area contributed by atoms with E-state index < -0.39 is 0 Å². The van der Waals surface area contributed by atoms with Gasteiger partial charge in [0.25, 0.3) is 5.91 Å². The van der Waals surface area contributed by atoms with Crippen LogP contribution in [0.3, 0.4) is 0 Å². The summed E-state index contributed by atoms with van der Waals surface area (Å²) in [7, 11) is 0. The lowest BCUT2D eigenvalue weighted by atomic mass is 10.2. The van der Waals surface area contributed by atoms with Crippen molar-refractivity contribution in [1.29, 1.82) is 0 Å². The molecule has 0 unspecified atom stereocenters. The summed E-state index contributed by atoms with van der Waals surface area (Å²) >= 11 is 30.0. The first-order chi connectivity index (χ1) is 13.3. The lowest BCUT2D eigenvalue weighted by Gasteiger charge is -2.34. The SMILES string of the molecule is O=C(COc1c(Cl)cc(Cl)c(Cl)c1Cl)N1CCN(Cc2ccc(Cl)cc2)CC1. The molecule has 1 amide bonds. The molecule has 3 rings (SSSR count). The van der Waals surface area contributed by atoms with E-state index >= 15 is 0 Å². The van der Waals surface area contributed by atoms with Crippen LogP contribution in [0.25, 0.3) is 0 Å². The first-order valence-corrected chi connectivity index (χ1v) is 10.4. The van der Waals surface area contributed by atoms with E-state index in [0.29, 0.717) is 13.1 Å². The summed E-state index contributed by atoms with van der Waals surface area (Å²) in [6, 6.07) is 9.23. The Labute approximate surface area is 188 Å². The summed E-state index contributed by atoms with van der Waals surface area (Å²) in [5.41, 5.74) is 1.19. The molecule has 150 valence electrons. The minimum absolute atomic E-state index is 0.0970. The topological polar surface area (TPSA) is 32.8 Å². The second-order valence-corrected chi connectivity index (χ2v) is 8.38. The molecule has 1 saturated heterocycles. The largest absolute Gasteiger partial charge is 0.481 e. The molecule has 0 spiro atoms. The molecule has 4 nitrogen and oxygen atoms in total. The van der Waals surface area contributed by atoms with Gasteiger partial charge in [-0.15, -0.1) is 0 Å².